The average Bonchev–Trinajstić information content (AvgIpc) is 2.50. The van der Waals surface area contributed by atoms with Crippen molar-refractivity contribution in [3.05, 3.63) is 69.7 Å². The minimum atomic E-state index is 0.113. The van der Waals surface area contributed by atoms with Gasteiger partial charge < -0.3 is 4.90 Å². The van der Waals surface area contributed by atoms with Crippen molar-refractivity contribution in [2.75, 3.05) is 13.6 Å². The highest BCUT2D eigenvalue weighted by Crippen LogP contribution is 2.49. The number of hydrogen-bond acceptors (Lipinski definition) is 2. The fourth-order valence-corrected chi connectivity index (χ4v) is 4.59. The molecule has 0 amide bonds. The Kier molecular flexibility index (Phi) is 5.82. The van der Waals surface area contributed by atoms with Crippen LogP contribution in [0.25, 0.3) is 0 Å². The van der Waals surface area contributed by atoms with Crippen LogP contribution in [0.4, 0.5) is 0 Å². The first-order valence-electron chi connectivity index (χ1n) is 8.37. The predicted molar refractivity (Wildman–Crippen MR) is 108 cm³/mol. The Bertz CT molecular complexity index is 685. The highest BCUT2D eigenvalue weighted by atomic mass is 35.5. The van der Waals surface area contributed by atoms with Gasteiger partial charge in [0.2, 0.25) is 0 Å². The first kappa shape index (κ1) is 18.1. The lowest BCUT2D eigenvalue weighted by Crippen LogP contribution is -2.47. The van der Waals surface area contributed by atoms with Crippen molar-refractivity contribution in [3.63, 3.8) is 0 Å². The van der Waals surface area contributed by atoms with Gasteiger partial charge in [-0.1, -0.05) is 66.0 Å². The van der Waals surface area contributed by atoms with Gasteiger partial charge in [0, 0.05) is 23.8 Å². The van der Waals surface area contributed by atoms with Gasteiger partial charge in [-0.3, -0.25) is 0 Å². The van der Waals surface area contributed by atoms with Gasteiger partial charge in [0.1, 0.15) is 0 Å². The lowest BCUT2D eigenvalue weighted by molar-refractivity contribution is 0.198. The lowest BCUT2D eigenvalue weighted by atomic mass is 9.62. The normalized spacial score (nSPS) is 17.5. The van der Waals surface area contributed by atoms with Crippen LogP contribution >= 0.6 is 35.8 Å². The molecule has 1 unspecified atom stereocenters. The van der Waals surface area contributed by atoms with Crippen LogP contribution in [0.15, 0.2) is 48.5 Å². The van der Waals surface area contributed by atoms with E-state index in [1.54, 1.807) is 0 Å². The summed E-state index contributed by atoms with van der Waals surface area (Å²) in [7, 11) is 2.16. The second-order valence-corrected chi connectivity index (χ2v) is 8.27. The van der Waals surface area contributed by atoms with Crippen LogP contribution in [0.3, 0.4) is 0 Å². The first-order chi connectivity index (χ1) is 11.5. The molecule has 1 fully saturated rings. The van der Waals surface area contributed by atoms with E-state index in [9.17, 15) is 0 Å². The molecule has 0 radical (unpaired) electrons. The quantitative estimate of drug-likeness (QED) is 0.616. The monoisotopic (exact) mass is 379 g/mol. The fourth-order valence-electron chi connectivity index (χ4n) is 3.61. The van der Waals surface area contributed by atoms with Crippen LogP contribution in [0, 0.1) is 0 Å². The zero-order chi connectivity index (χ0) is 17.2. The molecule has 3 rings (SSSR count). The highest BCUT2D eigenvalue weighted by molar-refractivity contribution is 7.81. The van der Waals surface area contributed by atoms with Crippen LogP contribution in [0.2, 0.25) is 10.0 Å². The maximum absolute atomic E-state index is 6.25. The topological polar surface area (TPSA) is 3.24 Å². The second kappa shape index (κ2) is 7.70. The third kappa shape index (κ3) is 3.77. The minimum absolute atomic E-state index is 0.113. The zero-order valence-electron chi connectivity index (χ0n) is 13.9. The number of rotatable bonds is 6. The van der Waals surface area contributed by atoms with E-state index in [1.165, 1.54) is 17.5 Å². The summed E-state index contributed by atoms with van der Waals surface area (Å²) in [4.78, 5) is 2.35. The van der Waals surface area contributed by atoms with Crippen molar-refractivity contribution in [2.45, 2.75) is 36.5 Å². The van der Waals surface area contributed by atoms with Crippen molar-refractivity contribution >= 4 is 35.8 Å². The third-order valence-electron chi connectivity index (χ3n) is 5.16. The standard InChI is InChI=1S/C20H23Cl2NS/c1-23(13-15-6-3-2-4-7-15)14-19(24)20(10-5-11-20)16-8-9-17(21)18(22)12-16/h2-4,6-9,12,19,24H,5,10-11,13-14H2,1H3. The average molecular weight is 380 g/mol. The van der Waals surface area contributed by atoms with Crippen LogP contribution < -0.4 is 0 Å². The summed E-state index contributed by atoms with van der Waals surface area (Å²) >= 11 is 17.3. The van der Waals surface area contributed by atoms with Gasteiger partial charge in [-0.05, 0) is 43.1 Å². The Hall–Kier alpha value is -0.670. The van der Waals surface area contributed by atoms with E-state index in [0.717, 1.165) is 25.9 Å². The van der Waals surface area contributed by atoms with E-state index in [2.05, 4.69) is 48.3 Å². The fraction of sp³-hybridized carbons (Fsp3) is 0.400. The van der Waals surface area contributed by atoms with Crippen molar-refractivity contribution < 1.29 is 0 Å². The molecule has 2 aromatic rings. The van der Waals surface area contributed by atoms with Gasteiger partial charge in [-0.15, -0.1) is 0 Å². The lowest BCUT2D eigenvalue weighted by Gasteiger charge is -2.47. The molecule has 2 aromatic carbocycles. The van der Waals surface area contributed by atoms with Gasteiger partial charge in [-0.2, -0.15) is 12.6 Å². The van der Waals surface area contributed by atoms with Crippen LogP contribution in [0.1, 0.15) is 30.4 Å². The molecule has 128 valence electrons. The molecule has 1 aliphatic carbocycles. The molecule has 1 saturated carbocycles. The van der Waals surface area contributed by atoms with Crippen LogP contribution in [-0.2, 0) is 12.0 Å². The molecule has 1 aliphatic rings. The van der Waals surface area contributed by atoms with Gasteiger partial charge >= 0.3 is 0 Å². The van der Waals surface area contributed by atoms with E-state index in [0.29, 0.717) is 10.0 Å². The molecule has 4 heteroatoms. The van der Waals surface area contributed by atoms with Crippen molar-refractivity contribution in [1.29, 1.82) is 0 Å². The number of hydrogen-bond donors (Lipinski definition) is 1. The Labute approximate surface area is 160 Å². The molecule has 0 spiro atoms. The molecule has 0 aliphatic heterocycles. The minimum Gasteiger partial charge on any atom is -0.301 e. The summed E-state index contributed by atoms with van der Waals surface area (Å²) in [5, 5.41) is 1.53. The van der Waals surface area contributed by atoms with E-state index in [1.807, 2.05) is 12.1 Å². The smallest absolute Gasteiger partial charge is 0.0595 e. The molecule has 0 N–H and O–H groups in total. The SMILES string of the molecule is CN(Cc1ccccc1)CC(S)C1(c2ccc(Cl)c(Cl)c2)CCC1. The van der Waals surface area contributed by atoms with Crippen molar-refractivity contribution in [1.82, 2.24) is 4.90 Å². The summed E-state index contributed by atoms with van der Waals surface area (Å²) in [6.07, 6.45) is 3.58. The van der Waals surface area contributed by atoms with E-state index >= 15 is 0 Å². The van der Waals surface area contributed by atoms with Crippen LogP contribution in [-0.4, -0.2) is 23.7 Å². The summed E-state index contributed by atoms with van der Waals surface area (Å²) in [5.74, 6) is 0. The maximum Gasteiger partial charge on any atom is 0.0595 e. The highest BCUT2D eigenvalue weighted by Gasteiger charge is 2.44. The molecule has 1 nitrogen and oxygen atoms in total. The molecule has 0 aromatic heterocycles. The summed E-state index contributed by atoms with van der Waals surface area (Å²) < 4.78 is 0. The van der Waals surface area contributed by atoms with Gasteiger partial charge in [-0.25, -0.2) is 0 Å². The second-order valence-electron chi connectivity index (χ2n) is 6.84. The third-order valence-corrected chi connectivity index (χ3v) is 6.55. The Morgan fingerprint density at radius 3 is 2.38 bits per heavy atom. The summed E-state index contributed by atoms with van der Waals surface area (Å²) in [6.45, 7) is 1.88. The van der Waals surface area contributed by atoms with Crippen LogP contribution in [0.5, 0.6) is 0 Å². The first-order valence-corrected chi connectivity index (χ1v) is 9.64. The van der Waals surface area contributed by atoms with Gasteiger partial charge in [0.05, 0.1) is 10.0 Å². The Morgan fingerprint density at radius 1 is 1.08 bits per heavy atom. The van der Waals surface area contributed by atoms with Crippen molar-refractivity contribution in [3.8, 4) is 0 Å². The van der Waals surface area contributed by atoms with E-state index < -0.39 is 0 Å². The molecule has 0 saturated heterocycles. The largest absolute Gasteiger partial charge is 0.301 e. The molecule has 24 heavy (non-hydrogen) atoms. The maximum atomic E-state index is 6.25. The summed E-state index contributed by atoms with van der Waals surface area (Å²) in [5.41, 5.74) is 2.72. The Balaban J connectivity index is 1.71. The van der Waals surface area contributed by atoms with Gasteiger partial charge in [0.15, 0.2) is 0 Å². The number of nitrogens with zero attached hydrogens (tertiary/aromatic N) is 1. The number of thiol groups is 1. The van der Waals surface area contributed by atoms with Gasteiger partial charge in [0.25, 0.3) is 0 Å². The molecule has 1 atom stereocenters. The molecule has 0 heterocycles. The van der Waals surface area contributed by atoms with E-state index in [-0.39, 0.29) is 10.7 Å². The van der Waals surface area contributed by atoms with Crippen molar-refractivity contribution in [2.24, 2.45) is 0 Å². The summed E-state index contributed by atoms with van der Waals surface area (Å²) in [6, 6.07) is 16.6. The number of benzene rings is 2. The molecule has 0 bridgehead atoms. The number of halogens is 2. The van der Waals surface area contributed by atoms with E-state index in [4.69, 9.17) is 35.8 Å². The molecular formula is C20H23Cl2NS. The predicted octanol–water partition coefficient (Wildman–Crippen LogP) is 5.85. The zero-order valence-corrected chi connectivity index (χ0v) is 16.3. The Morgan fingerprint density at radius 2 is 1.79 bits per heavy atom. The molecular weight excluding hydrogens is 357 g/mol.